The molecule has 1 aromatic rings. The maximum absolute atomic E-state index is 9.05. The van der Waals surface area contributed by atoms with E-state index >= 15 is 0 Å². The smallest absolute Gasteiger partial charge is 0.101 e. The fraction of sp³-hybridized carbons (Fsp3) is 0.417. The summed E-state index contributed by atoms with van der Waals surface area (Å²) in [5, 5.41) is 9.05. The molecule has 0 unspecified atom stereocenters. The summed E-state index contributed by atoms with van der Waals surface area (Å²) in [6, 6.07) is 8.37. The maximum atomic E-state index is 9.05. The molecule has 0 aliphatic rings. The van der Waals surface area contributed by atoms with Crippen LogP contribution < -0.4 is 10.6 Å². The van der Waals surface area contributed by atoms with Crippen LogP contribution in [-0.2, 0) is 6.54 Å². The topological polar surface area (TPSA) is 53.0 Å². The molecule has 0 saturated carbocycles. The van der Waals surface area contributed by atoms with Gasteiger partial charge < -0.3 is 10.6 Å². The van der Waals surface area contributed by atoms with Gasteiger partial charge >= 0.3 is 0 Å². The average molecular weight is 203 g/mol. The summed E-state index contributed by atoms with van der Waals surface area (Å²) in [5.41, 5.74) is 8.18. The second-order valence-corrected chi connectivity index (χ2v) is 3.87. The molecule has 0 spiro atoms. The van der Waals surface area contributed by atoms with Crippen molar-refractivity contribution in [2.75, 3.05) is 11.9 Å². The first kappa shape index (κ1) is 11.5. The summed E-state index contributed by atoms with van der Waals surface area (Å²) in [5.74, 6) is 0. The van der Waals surface area contributed by atoms with Crippen molar-refractivity contribution >= 4 is 5.69 Å². The molecule has 0 aliphatic carbocycles. The normalized spacial score (nSPS) is 10.1. The molecular formula is C12H17N3. The lowest BCUT2D eigenvalue weighted by Gasteiger charge is -2.25. The largest absolute Gasteiger partial charge is 0.371 e. The summed E-state index contributed by atoms with van der Waals surface area (Å²) >= 11 is 0. The average Bonchev–Trinajstić information content (AvgIpc) is 2.27. The van der Waals surface area contributed by atoms with Crippen molar-refractivity contribution in [3.63, 3.8) is 0 Å². The van der Waals surface area contributed by atoms with Crippen molar-refractivity contribution in [3.8, 4) is 6.07 Å². The minimum atomic E-state index is 0.376. The lowest BCUT2D eigenvalue weighted by atomic mass is 10.1. The quantitative estimate of drug-likeness (QED) is 0.815. The van der Waals surface area contributed by atoms with E-state index in [2.05, 4.69) is 24.8 Å². The van der Waals surface area contributed by atoms with E-state index in [4.69, 9.17) is 11.0 Å². The fourth-order valence-corrected chi connectivity index (χ4v) is 1.39. The van der Waals surface area contributed by atoms with Crippen LogP contribution in [0.25, 0.3) is 0 Å². The molecule has 0 aliphatic heterocycles. The van der Waals surface area contributed by atoms with Crippen molar-refractivity contribution in [2.24, 2.45) is 5.73 Å². The molecule has 0 atom stereocenters. The van der Waals surface area contributed by atoms with Crippen LogP contribution in [0.4, 0.5) is 5.69 Å². The second kappa shape index (κ2) is 4.81. The van der Waals surface area contributed by atoms with Gasteiger partial charge in [-0.1, -0.05) is 6.07 Å². The highest BCUT2D eigenvalue weighted by atomic mass is 15.1. The number of nitrogens with zero attached hydrogens (tertiary/aromatic N) is 2. The molecule has 0 aromatic heterocycles. The number of nitrogens with two attached hydrogens (primary N) is 1. The number of hydrogen-bond acceptors (Lipinski definition) is 3. The van der Waals surface area contributed by atoms with Gasteiger partial charge in [-0.2, -0.15) is 5.26 Å². The minimum absolute atomic E-state index is 0.376. The van der Waals surface area contributed by atoms with Gasteiger partial charge in [0.2, 0.25) is 0 Å². The second-order valence-electron chi connectivity index (χ2n) is 3.87. The number of anilines is 1. The van der Waals surface area contributed by atoms with Crippen LogP contribution in [-0.4, -0.2) is 13.1 Å². The van der Waals surface area contributed by atoms with Crippen molar-refractivity contribution in [3.05, 3.63) is 29.3 Å². The van der Waals surface area contributed by atoms with Gasteiger partial charge in [0.25, 0.3) is 0 Å². The molecule has 0 saturated heterocycles. The van der Waals surface area contributed by atoms with E-state index in [1.807, 2.05) is 25.2 Å². The Morgan fingerprint density at radius 2 is 2.13 bits per heavy atom. The standard InChI is InChI=1S/C12H17N3/c1-9(2)15(3)12-5-4-10(7-13)6-11(12)8-14/h4-6,9H,7,13H2,1-3H3. The van der Waals surface area contributed by atoms with Crippen LogP contribution in [0.3, 0.4) is 0 Å². The monoisotopic (exact) mass is 203 g/mol. The Bertz CT molecular complexity index is 377. The van der Waals surface area contributed by atoms with Gasteiger partial charge in [0.15, 0.2) is 0 Å². The summed E-state index contributed by atoms with van der Waals surface area (Å²) in [4.78, 5) is 2.08. The van der Waals surface area contributed by atoms with Gasteiger partial charge in [0, 0.05) is 19.6 Å². The molecule has 0 bridgehead atoms. The molecule has 3 nitrogen and oxygen atoms in total. The van der Waals surface area contributed by atoms with Crippen molar-refractivity contribution in [1.82, 2.24) is 0 Å². The first-order chi connectivity index (χ1) is 7.10. The first-order valence-electron chi connectivity index (χ1n) is 5.06. The summed E-state index contributed by atoms with van der Waals surface area (Å²) in [7, 11) is 1.99. The predicted molar refractivity (Wildman–Crippen MR) is 62.6 cm³/mol. The molecule has 3 heteroatoms. The van der Waals surface area contributed by atoms with Gasteiger partial charge in [-0.05, 0) is 31.5 Å². The van der Waals surface area contributed by atoms with Gasteiger partial charge in [-0.15, -0.1) is 0 Å². The molecule has 0 amide bonds. The van der Waals surface area contributed by atoms with Crippen molar-refractivity contribution in [2.45, 2.75) is 26.4 Å². The van der Waals surface area contributed by atoms with E-state index in [1.54, 1.807) is 0 Å². The molecule has 0 heterocycles. The Morgan fingerprint density at radius 3 is 2.60 bits per heavy atom. The number of nitriles is 1. The molecule has 1 rings (SSSR count). The Morgan fingerprint density at radius 1 is 1.47 bits per heavy atom. The highest BCUT2D eigenvalue weighted by Crippen LogP contribution is 2.21. The molecule has 15 heavy (non-hydrogen) atoms. The molecule has 0 fully saturated rings. The highest BCUT2D eigenvalue weighted by molar-refractivity contribution is 5.60. The van der Waals surface area contributed by atoms with Gasteiger partial charge in [-0.25, -0.2) is 0 Å². The van der Waals surface area contributed by atoms with Gasteiger partial charge in [0.05, 0.1) is 11.3 Å². The third-order valence-electron chi connectivity index (χ3n) is 2.57. The Hall–Kier alpha value is -1.53. The van der Waals surface area contributed by atoms with Crippen LogP contribution >= 0.6 is 0 Å². The van der Waals surface area contributed by atoms with E-state index in [0.29, 0.717) is 18.2 Å². The molecule has 80 valence electrons. The SMILES string of the molecule is CC(C)N(C)c1ccc(CN)cc1C#N. The number of rotatable bonds is 3. The summed E-state index contributed by atoms with van der Waals surface area (Å²) < 4.78 is 0. The zero-order valence-corrected chi connectivity index (χ0v) is 9.49. The zero-order chi connectivity index (χ0) is 11.4. The van der Waals surface area contributed by atoms with Crippen molar-refractivity contribution < 1.29 is 0 Å². The van der Waals surface area contributed by atoms with Crippen molar-refractivity contribution in [1.29, 1.82) is 5.26 Å². The molecule has 2 N–H and O–H groups in total. The van der Waals surface area contributed by atoms with Gasteiger partial charge in [0.1, 0.15) is 6.07 Å². The summed E-state index contributed by atoms with van der Waals surface area (Å²) in [6.07, 6.45) is 0. The van der Waals surface area contributed by atoms with Crippen LogP contribution in [0.15, 0.2) is 18.2 Å². The number of hydrogen-bond donors (Lipinski definition) is 1. The molecule has 1 aromatic carbocycles. The van der Waals surface area contributed by atoms with Crippen LogP contribution in [0.2, 0.25) is 0 Å². The van der Waals surface area contributed by atoms with E-state index in [1.165, 1.54) is 0 Å². The fourth-order valence-electron chi connectivity index (χ4n) is 1.39. The van der Waals surface area contributed by atoms with E-state index in [9.17, 15) is 0 Å². The highest BCUT2D eigenvalue weighted by Gasteiger charge is 2.10. The van der Waals surface area contributed by atoms with Crippen LogP contribution in [0.1, 0.15) is 25.0 Å². The Balaban J connectivity index is 3.14. The van der Waals surface area contributed by atoms with Crippen LogP contribution in [0, 0.1) is 11.3 Å². The van der Waals surface area contributed by atoms with Crippen LogP contribution in [0.5, 0.6) is 0 Å². The summed E-state index contributed by atoms with van der Waals surface area (Å²) in [6.45, 7) is 4.66. The zero-order valence-electron chi connectivity index (χ0n) is 9.49. The van der Waals surface area contributed by atoms with Gasteiger partial charge in [-0.3, -0.25) is 0 Å². The number of benzene rings is 1. The first-order valence-corrected chi connectivity index (χ1v) is 5.06. The molecule has 0 radical (unpaired) electrons. The lowest BCUT2D eigenvalue weighted by molar-refractivity contribution is 0.753. The molecular weight excluding hydrogens is 186 g/mol. The Labute approximate surface area is 91.1 Å². The van der Waals surface area contributed by atoms with E-state index < -0.39 is 0 Å². The third kappa shape index (κ3) is 2.48. The lowest BCUT2D eigenvalue weighted by Crippen LogP contribution is -2.26. The third-order valence-corrected chi connectivity index (χ3v) is 2.57. The minimum Gasteiger partial charge on any atom is -0.371 e. The van der Waals surface area contributed by atoms with E-state index in [0.717, 1.165) is 11.3 Å². The van der Waals surface area contributed by atoms with E-state index in [-0.39, 0.29) is 0 Å². The predicted octanol–water partition coefficient (Wildman–Crippen LogP) is 1.86. The maximum Gasteiger partial charge on any atom is 0.101 e. The Kier molecular flexibility index (Phi) is 3.70.